The molecule has 0 unspecified atom stereocenters. The van der Waals surface area contributed by atoms with Crippen molar-refractivity contribution in [1.82, 2.24) is 9.29 Å². The second-order valence-corrected chi connectivity index (χ2v) is 9.70. The molecule has 0 aliphatic carbocycles. The molecule has 168 valence electrons. The Bertz CT molecular complexity index is 1300. The van der Waals surface area contributed by atoms with Crippen LogP contribution >= 0.6 is 11.3 Å². The fraction of sp³-hybridized carbons (Fsp3) is 0.263. The van der Waals surface area contributed by atoms with Gasteiger partial charge in [0, 0.05) is 30.8 Å². The second kappa shape index (κ2) is 8.78. The second-order valence-electron chi connectivity index (χ2n) is 6.76. The van der Waals surface area contributed by atoms with E-state index in [9.17, 15) is 23.3 Å². The number of rotatable bonds is 6. The van der Waals surface area contributed by atoms with Crippen LogP contribution in [0.5, 0.6) is 5.75 Å². The molecule has 0 spiro atoms. The van der Waals surface area contributed by atoms with E-state index in [4.69, 9.17) is 9.47 Å². The van der Waals surface area contributed by atoms with Crippen molar-refractivity contribution in [2.75, 3.05) is 38.7 Å². The Morgan fingerprint density at radius 2 is 2.00 bits per heavy atom. The molecule has 1 aliphatic heterocycles. The number of methoxy groups -OCH3 is 1. The van der Waals surface area contributed by atoms with Crippen molar-refractivity contribution in [3.63, 3.8) is 0 Å². The van der Waals surface area contributed by atoms with Crippen LogP contribution in [0, 0.1) is 10.1 Å². The minimum absolute atomic E-state index is 0.0767. The van der Waals surface area contributed by atoms with Gasteiger partial charge in [0.25, 0.3) is 11.6 Å². The Morgan fingerprint density at radius 1 is 1.25 bits per heavy atom. The number of non-ortho nitro benzene ring substituents is 1. The van der Waals surface area contributed by atoms with Gasteiger partial charge in [-0.15, -0.1) is 0 Å². The van der Waals surface area contributed by atoms with Gasteiger partial charge in [-0.25, -0.2) is 13.4 Å². The molecule has 0 saturated carbocycles. The Hall–Kier alpha value is -3.13. The predicted octanol–water partition coefficient (Wildman–Crippen LogP) is 2.49. The summed E-state index contributed by atoms with van der Waals surface area (Å²) in [5, 5.41) is 13.8. The van der Waals surface area contributed by atoms with Crippen molar-refractivity contribution in [3.05, 3.63) is 52.1 Å². The molecule has 2 heterocycles. The molecule has 3 aromatic rings. The van der Waals surface area contributed by atoms with Gasteiger partial charge in [-0.1, -0.05) is 11.3 Å². The third-order valence-corrected chi connectivity index (χ3v) is 7.67. The first kappa shape index (κ1) is 22.1. The van der Waals surface area contributed by atoms with Crippen LogP contribution in [0.25, 0.3) is 10.2 Å². The average molecular weight is 479 g/mol. The number of hydrogen-bond donors (Lipinski definition) is 1. The average Bonchev–Trinajstić information content (AvgIpc) is 3.20. The van der Waals surface area contributed by atoms with Crippen LogP contribution < -0.4 is 10.1 Å². The van der Waals surface area contributed by atoms with Gasteiger partial charge in [-0.05, 0) is 24.3 Å². The number of fused-ring (bicyclic) bond motifs is 1. The number of morpholine rings is 1. The number of ether oxygens (including phenoxy) is 2. The van der Waals surface area contributed by atoms with Crippen molar-refractivity contribution in [2.45, 2.75) is 4.90 Å². The fourth-order valence-corrected chi connectivity index (χ4v) is 5.68. The number of carbonyl (C=O) groups excluding carboxylic acids is 1. The maximum absolute atomic E-state index is 13.1. The zero-order valence-electron chi connectivity index (χ0n) is 16.8. The number of nitro benzene ring substituents is 1. The Balaban J connectivity index is 1.62. The van der Waals surface area contributed by atoms with Crippen molar-refractivity contribution in [2.24, 2.45) is 0 Å². The zero-order chi connectivity index (χ0) is 22.9. The van der Waals surface area contributed by atoms with Crippen LogP contribution in [0.15, 0.2) is 41.3 Å². The van der Waals surface area contributed by atoms with Crippen LogP contribution in [-0.4, -0.2) is 62.0 Å². The first-order chi connectivity index (χ1) is 15.3. The van der Waals surface area contributed by atoms with Gasteiger partial charge in [-0.3, -0.25) is 20.2 Å². The summed E-state index contributed by atoms with van der Waals surface area (Å²) < 4.78 is 38.5. The lowest BCUT2D eigenvalue weighted by Crippen LogP contribution is -2.40. The van der Waals surface area contributed by atoms with E-state index in [1.165, 1.54) is 47.8 Å². The van der Waals surface area contributed by atoms with Gasteiger partial charge < -0.3 is 9.47 Å². The molecule has 1 aromatic heterocycles. The van der Waals surface area contributed by atoms with E-state index in [1.54, 1.807) is 0 Å². The molecular formula is C19H18N4O7S2. The van der Waals surface area contributed by atoms with Gasteiger partial charge >= 0.3 is 0 Å². The molecule has 0 atom stereocenters. The molecule has 32 heavy (non-hydrogen) atoms. The number of thiazole rings is 1. The summed E-state index contributed by atoms with van der Waals surface area (Å²) in [5.74, 6) is -0.444. The molecule has 0 bridgehead atoms. The normalized spacial score (nSPS) is 14.9. The zero-order valence-corrected chi connectivity index (χ0v) is 18.4. The summed E-state index contributed by atoms with van der Waals surface area (Å²) in [7, 11) is -2.54. The van der Waals surface area contributed by atoms with E-state index in [-0.39, 0.29) is 53.3 Å². The number of nitrogens with one attached hydrogen (secondary N) is 1. The molecule has 11 nitrogen and oxygen atoms in total. The predicted molar refractivity (Wildman–Crippen MR) is 117 cm³/mol. The van der Waals surface area contributed by atoms with Gasteiger partial charge in [0.1, 0.15) is 10.6 Å². The van der Waals surface area contributed by atoms with E-state index in [0.29, 0.717) is 10.2 Å². The smallest absolute Gasteiger partial charge is 0.270 e. The summed E-state index contributed by atoms with van der Waals surface area (Å²) in [5.41, 5.74) is 0.524. The van der Waals surface area contributed by atoms with Gasteiger partial charge in [0.15, 0.2) is 5.13 Å². The maximum Gasteiger partial charge on any atom is 0.270 e. The monoisotopic (exact) mass is 478 g/mol. The summed E-state index contributed by atoms with van der Waals surface area (Å²) >= 11 is 1.08. The standard InChI is InChI=1S/C19H18N4O7S2/c1-29-15-5-2-12(10-17(15)32(27,28)22-6-8-30-9-7-22)18(24)21-19-20-14-4-3-13(23(25)26)11-16(14)31-19/h2-5,10-11H,6-9H2,1H3,(H,20,21,24). The molecule has 1 amide bonds. The number of amides is 1. The highest BCUT2D eigenvalue weighted by Gasteiger charge is 2.30. The lowest BCUT2D eigenvalue weighted by atomic mass is 10.2. The van der Waals surface area contributed by atoms with E-state index in [1.807, 2.05) is 0 Å². The van der Waals surface area contributed by atoms with Crippen molar-refractivity contribution in [1.29, 1.82) is 0 Å². The number of anilines is 1. The molecule has 1 fully saturated rings. The summed E-state index contributed by atoms with van der Waals surface area (Å²) in [6.45, 7) is 0.995. The quantitative estimate of drug-likeness (QED) is 0.421. The van der Waals surface area contributed by atoms with Crippen LogP contribution in [0.3, 0.4) is 0 Å². The van der Waals surface area contributed by atoms with Gasteiger partial charge in [-0.2, -0.15) is 4.31 Å². The number of aromatic nitrogens is 1. The molecule has 1 aliphatic rings. The third-order valence-electron chi connectivity index (χ3n) is 4.82. The van der Waals surface area contributed by atoms with Crippen molar-refractivity contribution >= 4 is 48.3 Å². The molecule has 4 rings (SSSR count). The lowest BCUT2D eigenvalue weighted by molar-refractivity contribution is -0.384. The highest BCUT2D eigenvalue weighted by Crippen LogP contribution is 2.31. The SMILES string of the molecule is COc1ccc(C(=O)Nc2nc3ccc([N+](=O)[O-])cc3s2)cc1S(=O)(=O)N1CCOCC1. The van der Waals surface area contributed by atoms with E-state index in [0.717, 1.165) is 11.3 Å². The van der Waals surface area contributed by atoms with Crippen LogP contribution in [0.4, 0.5) is 10.8 Å². The molecular weight excluding hydrogens is 460 g/mol. The minimum atomic E-state index is -3.90. The number of carbonyl (C=O) groups is 1. The summed E-state index contributed by atoms with van der Waals surface area (Å²) in [4.78, 5) is 27.4. The fourth-order valence-electron chi connectivity index (χ4n) is 3.20. The van der Waals surface area contributed by atoms with Crippen molar-refractivity contribution in [3.8, 4) is 5.75 Å². The number of sulfonamides is 1. The highest BCUT2D eigenvalue weighted by molar-refractivity contribution is 7.89. The number of benzene rings is 2. The molecule has 1 saturated heterocycles. The first-order valence-corrected chi connectivity index (χ1v) is 11.7. The van der Waals surface area contributed by atoms with Crippen LogP contribution in [0.2, 0.25) is 0 Å². The molecule has 1 N–H and O–H groups in total. The maximum atomic E-state index is 13.1. The number of hydrogen-bond acceptors (Lipinski definition) is 9. The van der Waals surface area contributed by atoms with Gasteiger partial charge in [0.2, 0.25) is 10.0 Å². The van der Waals surface area contributed by atoms with E-state index >= 15 is 0 Å². The Kier molecular flexibility index (Phi) is 6.06. The largest absolute Gasteiger partial charge is 0.495 e. The highest BCUT2D eigenvalue weighted by atomic mass is 32.2. The Morgan fingerprint density at radius 3 is 2.69 bits per heavy atom. The van der Waals surface area contributed by atoms with Gasteiger partial charge in [0.05, 0.1) is 35.5 Å². The van der Waals surface area contributed by atoms with E-state index < -0.39 is 20.9 Å². The minimum Gasteiger partial charge on any atom is -0.495 e. The number of nitrogens with zero attached hydrogens (tertiary/aromatic N) is 3. The lowest BCUT2D eigenvalue weighted by Gasteiger charge is -2.26. The van der Waals surface area contributed by atoms with Crippen molar-refractivity contribution < 1.29 is 27.6 Å². The molecule has 2 aromatic carbocycles. The Labute approximate surface area is 186 Å². The first-order valence-electron chi connectivity index (χ1n) is 9.42. The van der Waals surface area contributed by atoms with E-state index in [2.05, 4.69) is 10.3 Å². The topological polar surface area (TPSA) is 141 Å². The van der Waals surface area contributed by atoms with Crippen LogP contribution in [-0.2, 0) is 14.8 Å². The van der Waals surface area contributed by atoms with Crippen LogP contribution in [0.1, 0.15) is 10.4 Å². The summed E-state index contributed by atoms with van der Waals surface area (Å²) in [6.07, 6.45) is 0. The molecule has 0 radical (unpaired) electrons. The third kappa shape index (κ3) is 4.27. The number of nitro groups is 1. The summed E-state index contributed by atoms with van der Waals surface area (Å²) in [6, 6.07) is 8.34. The molecule has 13 heteroatoms.